The van der Waals surface area contributed by atoms with Crippen LogP contribution in [-0.2, 0) is 9.53 Å². The van der Waals surface area contributed by atoms with Crippen LogP contribution in [0.15, 0.2) is 0 Å². The Hall–Kier alpha value is -0.300. The van der Waals surface area contributed by atoms with Crippen molar-refractivity contribution in [1.82, 2.24) is 5.32 Å². The molecule has 0 aromatic heterocycles. The lowest BCUT2D eigenvalue weighted by molar-refractivity contribution is -0.173. The van der Waals surface area contributed by atoms with Crippen molar-refractivity contribution in [2.75, 3.05) is 19.8 Å². The molecule has 3 nitrogen and oxygen atoms in total. The summed E-state index contributed by atoms with van der Waals surface area (Å²) in [5.41, 5.74) is 0.0878. The molecule has 23 heavy (non-hydrogen) atoms. The van der Waals surface area contributed by atoms with Crippen LogP contribution in [0, 0.1) is 17.3 Å². The summed E-state index contributed by atoms with van der Waals surface area (Å²) in [7, 11) is 0. The van der Waals surface area contributed by atoms with Crippen LogP contribution in [0.4, 0.5) is 13.2 Å². The first-order valence-electron chi connectivity index (χ1n) is 8.27. The van der Waals surface area contributed by atoms with Crippen molar-refractivity contribution in [1.29, 1.82) is 0 Å². The minimum atomic E-state index is -4.31. The topological polar surface area (TPSA) is 38.3 Å². The van der Waals surface area contributed by atoms with E-state index in [1.165, 1.54) is 19.3 Å². The highest BCUT2D eigenvalue weighted by molar-refractivity contribution is 9.10. The van der Waals surface area contributed by atoms with Crippen LogP contribution in [0.25, 0.3) is 0 Å². The number of alkyl halides is 4. The largest absolute Gasteiger partial charge is 0.411 e. The third-order valence-corrected chi connectivity index (χ3v) is 6.41. The maximum absolute atomic E-state index is 12.2. The summed E-state index contributed by atoms with van der Waals surface area (Å²) in [4.78, 5) is 12.2. The number of hydrogen-bond acceptors (Lipinski definition) is 2. The van der Waals surface area contributed by atoms with E-state index in [-0.39, 0.29) is 28.8 Å². The molecule has 4 aliphatic carbocycles. The quantitative estimate of drug-likeness (QED) is 0.546. The first-order chi connectivity index (χ1) is 10.7. The van der Waals surface area contributed by atoms with Gasteiger partial charge in [-0.15, -0.1) is 0 Å². The number of ether oxygens (including phenoxy) is 1. The summed E-state index contributed by atoms with van der Waals surface area (Å²) in [6.07, 6.45) is 3.20. The maximum atomic E-state index is 12.2. The molecule has 4 bridgehead atoms. The predicted molar refractivity (Wildman–Crippen MR) is 83.3 cm³/mol. The van der Waals surface area contributed by atoms with Crippen LogP contribution in [-0.4, -0.2) is 36.2 Å². The Balaban J connectivity index is 1.43. The second-order valence-corrected chi connectivity index (χ2v) is 9.49. The van der Waals surface area contributed by atoms with Crippen LogP contribution in [0.1, 0.15) is 44.9 Å². The highest BCUT2D eigenvalue weighted by atomic mass is 79.9. The molecule has 4 fully saturated rings. The third kappa shape index (κ3) is 4.41. The van der Waals surface area contributed by atoms with E-state index in [4.69, 9.17) is 0 Å². The average molecular weight is 398 g/mol. The van der Waals surface area contributed by atoms with Gasteiger partial charge >= 0.3 is 6.18 Å². The van der Waals surface area contributed by atoms with Gasteiger partial charge in [0, 0.05) is 17.3 Å². The lowest BCUT2D eigenvalue weighted by atomic mass is 9.48. The zero-order valence-electron chi connectivity index (χ0n) is 13.1. The Morgan fingerprint density at radius 2 is 1.87 bits per heavy atom. The lowest BCUT2D eigenvalue weighted by Crippen LogP contribution is -2.54. The molecule has 2 atom stereocenters. The van der Waals surface area contributed by atoms with Gasteiger partial charge in [-0.25, -0.2) is 0 Å². The van der Waals surface area contributed by atoms with E-state index in [0.717, 1.165) is 31.1 Å². The summed E-state index contributed by atoms with van der Waals surface area (Å²) in [6.45, 7) is -1.23. The van der Waals surface area contributed by atoms with E-state index in [2.05, 4.69) is 26.0 Å². The molecule has 132 valence electrons. The van der Waals surface area contributed by atoms with E-state index >= 15 is 0 Å². The molecular formula is C16H23BrF3NO2. The monoisotopic (exact) mass is 397 g/mol. The fourth-order valence-electron chi connectivity index (χ4n) is 5.40. The molecule has 4 rings (SSSR count). The van der Waals surface area contributed by atoms with E-state index in [9.17, 15) is 18.0 Å². The van der Waals surface area contributed by atoms with Crippen molar-refractivity contribution >= 4 is 21.8 Å². The van der Waals surface area contributed by atoms with Gasteiger partial charge in [-0.1, -0.05) is 15.9 Å². The molecule has 0 aromatic carbocycles. The molecule has 1 N–H and O–H groups in total. The maximum Gasteiger partial charge on any atom is 0.411 e. The number of carbonyl (C=O) groups is 1. The molecule has 1 amide bonds. The number of halogens is 4. The number of nitrogens with one attached hydrogen (secondary N) is 1. The minimum absolute atomic E-state index is 0.0568. The molecule has 0 saturated heterocycles. The Labute approximate surface area is 142 Å². The highest BCUT2D eigenvalue weighted by Crippen LogP contribution is 2.65. The molecule has 7 heteroatoms. The van der Waals surface area contributed by atoms with E-state index < -0.39 is 12.8 Å². The second-order valence-electron chi connectivity index (χ2n) is 7.81. The van der Waals surface area contributed by atoms with Crippen molar-refractivity contribution in [2.45, 2.75) is 55.4 Å². The molecule has 0 aromatic rings. The average Bonchev–Trinajstić information content (AvgIpc) is 2.32. The fourth-order valence-corrected chi connectivity index (χ4v) is 6.91. The summed E-state index contributed by atoms with van der Waals surface area (Å²) < 4.78 is 40.6. The van der Waals surface area contributed by atoms with Crippen molar-refractivity contribution in [3.63, 3.8) is 0 Å². The Morgan fingerprint density at radius 1 is 1.22 bits per heavy atom. The number of amides is 1. The van der Waals surface area contributed by atoms with Gasteiger partial charge in [-0.3, -0.25) is 4.79 Å². The zero-order valence-corrected chi connectivity index (χ0v) is 14.6. The molecule has 0 aliphatic heterocycles. The van der Waals surface area contributed by atoms with Crippen LogP contribution in [0.3, 0.4) is 0 Å². The highest BCUT2D eigenvalue weighted by Gasteiger charge is 2.57. The second kappa shape index (κ2) is 6.21. The van der Waals surface area contributed by atoms with Gasteiger partial charge in [0.15, 0.2) is 0 Å². The smallest absolute Gasteiger partial charge is 0.370 e. The van der Waals surface area contributed by atoms with E-state index in [1.54, 1.807) is 0 Å². The Kier molecular flexibility index (Phi) is 4.73. The summed E-state index contributed by atoms with van der Waals surface area (Å²) in [6, 6.07) is 0. The van der Waals surface area contributed by atoms with Gasteiger partial charge in [0.2, 0.25) is 5.91 Å². The molecular weight excluding hydrogens is 375 g/mol. The fraction of sp³-hybridized carbons (Fsp3) is 0.938. The Bertz CT molecular complexity index is 455. The van der Waals surface area contributed by atoms with Gasteiger partial charge in [0.05, 0.1) is 6.61 Å². The van der Waals surface area contributed by atoms with Gasteiger partial charge < -0.3 is 10.1 Å². The molecule has 0 radical (unpaired) electrons. The number of rotatable bonds is 6. The van der Waals surface area contributed by atoms with Gasteiger partial charge in [0.1, 0.15) is 6.61 Å². The van der Waals surface area contributed by atoms with Crippen LogP contribution < -0.4 is 5.32 Å². The van der Waals surface area contributed by atoms with Gasteiger partial charge in [-0.05, 0) is 55.8 Å². The SMILES string of the molecule is O=C(CC12CC3CC(CC(Br)(C3)C1)C2)NCCOCC(F)(F)F. The lowest BCUT2D eigenvalue weighted by Gasteiger charge is -2.60. The van der Waals surface area contributed by atoms with Crippen molar-refractivity contribution in [3.05, 3.63) is 0 Å². The van der Waals surface area contributed by atoms with Crippen molar-refractivity contribution < 1.29 is 22.7 Å². The van der Waals surface area contributed by atoms with Gasteiger partial charge in [-0.2, -0.15) is 13.2 Å². The Morgan fingerprint density at radius 3 is 2.43 bits per heavy atom. The van der Waals surface area contributed by atoms with Gasteiger partial charge in [0.25, 0.3) is 0 Å². The molecule has 0 heterocycles. The van der Waals surface area contributed by atoms with Crippen LogP contribution in [0.5, 0.6) is 0 Å². The van der Waals surface area contributed by atoms with E-state index in [0.29, 0.717) is 6.42 Å². The summed E-state index contributed by atoms with van der Waals surface area (Å²) >= 11 is 3.92. The number of carbonyl (C=O) groups excluding carboxylic acids is 1. The molecule has 0 spiro atoms. The first kappa shape index (κ1) is 17.5. The minimum Gasteiger partial charge on any atom is -0.370 e. The van der Waals surface area contributed by atoms with Crippen LogP contribution >= 0.6 is 15.9 Å². The number of hydrogen-bond donors (Lipinski definition) is 1. The third-order valence-electron chi connectivity index (χ3n) is 5.48. The van der Waals surface area contributed by atoms with E-state index in [1.807, 2.05) is 0 Å². The first-order valence-corrected chi connectivity index (χ1v) is 9.07. The molecule has 4 saturated carbocycles. The summed E-state index contributed by atoms with van der Waals surface area (Å²) in [5.74, 6) is 1.38. The van der Waals surface area contributed by atoms with Crippen LogP contribution in [0.2, 0.25) is 0 Å². The standard InChI is InChI=1S/C16H23BrF3NO2/c17-15-6-11-3-12(7-15)5-14(4-11,9-15)8-13(22)21-1-2-23-10-16(18,19)20/h11-12H,1-10H2,(H,21,22). The molecule has 4 aliphatic rings. The summed E-state index contributed by atoms with van der Waals surface area (Å²) in [5, 5.41) is 2.71. The van der Waals surface area contributed by atoms with Crippen molar-refractivity contribution in [2.24, 2.45) is 17.3 Å². The zero-order chi connectivity index (χ0) is 16.7. The normalized spacial score (nSPS) is 38.8. The van der Waals surface area contributed by atoms with Crippen molar-refractivity contribution in [3.8, 4) is 0 Å². The predicted octanol–water partition coefficient (Wildman–Crippen LogP) is 3.81. The molecule has 2 unspecified atom stereocenters.